The van der Waals surface area contributed by atoms with Gasteiger partial charge in [-0.1, -0.05) is 39.0 Å². The van der Waals surface area contributed by atoms with Crippen LogP contribution < -0.4 is 11.2 Å². The second kappa shape index (κ2) is 9.67. The van der Waals surface area contributed by atoms with Crippen LogP contribution in [0.5, 0.6) is 0 Å². The van der Waals surface area contributed by atoms with Crippen LogP contribution in [0.3, 0.4) is 0 Å². The first kappa shape index (κ1) is 22.1. The molecule has 33 heavy (non-hydrogen) atoms. The molecule has 0 spiro atoms. The molecular formula is C26H35N5O2. The molecule has 1 atom stereocenters. The van der Waals surface area contributed by atoms with E-state index < -0.39 is 11.2 Å². The molecule has 176 valence electrons. The van der Waals surface area contributed by atoms with E-state index in [9.17, 15) is 9.59 Å². The van der Waals surface area contributed by atoms with Crippen LogP contribution in [-0.4, -0.2) is 43.7 Å². The number of nitrogens with zero attached hydrogens (tertiary/aromatic N) is 4. The fourth-order valence-corrected chi connectivity index (χ4v) is 5.90. The highest BCUT2D eigenvalue weighted by Crippen LogP contribution is 2.31. The number of hydrogen-bond donors (Lipinski definition) is 1. The van der Waals surface area contributed by atoms with Crippen molar-refractivity contribution in [1.82, 2.24) is 24.1 Å². The van der Waals surface area contributed by atoms with Crippen LogP contribution in [0.1, 0.15) is 57.4 Å². The molecule has 0 aromatic carbocycles. The lowest BCUT2D eigenvalue weighted by molar-refractivity contribution is 0.132. The quantitative estimate of drug-likeness (QED) is 0.623. The van der Waals surface area contributed by atoms with Gasteiger partial charge >= 0.3 is 5.69 Å². The van der Waals surface area contributed by atoms with Crippen LogP contribution in [-0.2, 0) is 6.42 Å². The van der Waals surface area contributed by atoms with Gasteiger partial charge in [0, 0.05) is 25.0 Å². The number of H-pyrrole nitrogens is 1. The minimum Gasteiger partial charge on any atom is -0.303 e. The van der Waals surface area contributed by atoms with Crippen LogP contribution in [0.25, 0.3) is 11.2 Å². The normalized spacial score (nSPS) is 19.8. The summed E-state index contributed by atoms with van der Waals surface area (Å²) in [7, 11) is 0. The zero-order chi connectivity index (χ0) is 22.8. The topological polar surface area (TPSA) is 75.4 Å². The average Bonchev–Trinajstić information content (AvgIpc) is 3.24. The number of nitrogens with one attached hydrogen (secondary N) is 1. The van der Waals surface area contributed by atoms with Crippen molar-refractivity contribution < 1.29 is 0 Å². The molecule has 1 saturated heterocycles. The second-order valence-corrected chi connectivity index (χ2v) is 10.2. The number of pyridine rings is 1. The van der Waals surface area contributed by atoms with Crippen molar-refractivity contribution in [3.05, 3.63) is 63.2 Å². The van der Waals surface area contributed by atoms with E-state index in [1.165, 1.54) is 87.0 Å². The number of aromatic nitrogens is 4. The Hall–Kier alpha value is -2.67. The molecule has 1 saturated carbocycles. The molecule has 3 aromatic rings. The van der Waals surface area contributed by atoms with E-state index in [1.54, 1.807) is 10.7 Å². The van der Waals surface area contributed by atoms with E-state index in [0.717, 1.165) is 23.8 Å². The first-order chi connectivity index (χ1) is 16.1. The zero-order valence-corrected chi connectivity index (χ0v) is 19.6. The van der Waals surface area contributed by atoms with E-state index in [0.29, 0.717) is 11.6 Å². The van der Waals surface area contributed by atoms with Gasteiger partial charge in [0.25, 0.3) is 5.56 Å². The minimum absolute atomic E-state index is 0.395. The first-order valence-corrected chi connectivity index (χ1v) is 12.6. The predicted molar refractivity (Wildman–Crippen MR) is 130 cm³/mol. The third-order valence-electron chi connectivity index (χ3n) is 7.88. The van der Waals surface area contributed by atoms with Crippen molar-refractivity contribution in [2.45, 2.75) is 58.3 Å². The number of hydrogen-bond acceptors (Lipinski definition) is 4. The van der Waals surface area contributed by atoms with Crippen molar-refractivity contribution in [2.75, 3.05) is 19.6 Å². The minimum atomic E-state index is -0.447. The van der Waals surface area contributed by atoms with E-state index in [1.807, 2.05) is 6.20 Å². The standard InChI is InChI=1S/C26H35N5O2/c1-19(22-5-3-2-4-6-22)18-29-11-7-20(8-12-29)15-21-9-14-31-23(16-21)24(17-27-31)30-13-10-25(32)28-26(30)33/h9-10,13-14,16-17,19-20,22H,2-8,11-12,15,18H2,1H3,(H,28,32,33). The maximum atomic E-state index is 12.3. The van der Waals surface area contributed by atoms with Gasteiger partial charge in [0.1, 0.15) is 0 Å². The molecule has 2 aliphatic rings. The fourth-order valence-electron chi connectivity index (χ4n) is 5.90. The number of piperidine rings is 1. The Morgan fingerprint density at radius 1 is 1.06 bits per heavy atom. The number of fused-ring (bicyclic) bond motifs is 1. The summed E-state index contributed by atoms with van der Waals surface area (Å²) in [4.78, 5) is 28.7. The van der Waals surface area contributed by atoms with Crippen molar-refractivity contribution in [1.29, 1.82) is 0 Å². The first-order valence-electron chi connectivity index (χ1n) is 12.6. The zero-order valence-electron chi connectivity index (χ0n) is 19.6. The predicted octanol–water partition coefficient (Wildman–Crippen LogP) is 3.64. The summed E-state index contributed by atoms with van der Waals surface area (Å²) in [5.41, 5.74) is 1.99. The SMILES string of the molecule is CC(CN1CCC(Cc2ccn3ncc(-n4ccc(=O)[nH]c4=O)c3c2)CC1)C1CCCCC1. The Bertz CT molecular complexity index is 1200. The van der Waals surface area contributed by atoms with Gasteiger partial charge in [-0.3, -0.25) is 14.3 Å². The van der Waals surface area contributed by atoms with Gasteiger partial charge in [-0.15, -0.1) is 0 Å². The van der Waals surface area contributed by atoms with Crippen molar-refractivity contribution in [2.24, 2.45) is 17.8 Å². The Labute approximate surface area is 194 Å². The third kappa shape index (κ3) is 4.98. The average molecular weight is 450 g/mol. The molecule has 7 heteroatoms. The van der Waals surface area contributed by atoms with Crippen molar-refractivity contribution in [3.8, 4) is 5.69 Å². The second-order valence-electron chi connectivity index (χ2n) is 10.2. The maximum Gasteiger partial charge on any atom is 0.333 e. The summed E-state index contributed by atoms with van der Waals surface area (Å²) >= 11 is 0. The Morgan fingerprint density at radius 2 is 1.85 bits per heavy atom. The van der Waals surface area contributed by atoms with Crippen LogP contribution in [0.4, 0.5) is 0 Å². The van der Waals surface area contributed by atoms with Gasteiger partial charge in [-0.2, -0.15) is 5.10 Å². The molecular weight excluding hydrogens is 414 g/mol. The van der Waals surface area contributed by atoms with Crippen LogP contribution in [0.15, 0.2) is 46.4 Å². The lowest BCUT2D eigenvalue weighted by atomic mass is 9.80. The van der Waals surface area contributed by atoms with Crippen LogP contribution in [0.2, 0.25) is 0 Å². The molecule has 0 radical (unpaired) electrons. The number of rotatable bonds is 6. The summed E-state index contributed by atoms with van der Waals surface area (Å²) in [6.07, 6.45) is 15.8. The lowest BCUT2D eigenvalue weighted by Crippen LogP contribution is -2.38. The fraction of sp³-hybridized carbons (Fsp3) is 0.577. The summed E-state index contributed by atoms with van der Waals surface area (Å²) in [6, 6.07) is 5.63. The van der Waals surface area contributed by atoms with Gasteiger partial charge in [-0.25, -0.2) is 9.31 Å². The Kier molecular flexibility index (Phi) is 6.49. The highest BCUT2D eigenvalue weighted by atomic mass is 16.2. The van der Waals surface area contributed by atoms with Gasteiger partial charge < -0.3 is 4.90 Å². The number of aromatic amines is 1. The van der Waals surface area contributed by atoms with Crippen LogP contribution in [0, 0.1) is 17.8 Å². The lowest BCUT2D eigenvalue weighted by Gasteiger charge is -2.36. The summed E-state index contributed by atoms with van der Waals surface area (Å²) in [5.74, 6) is 2.44. The van der Waals surface area contributed by atoms with Gasteiger partial charge in [0.15, 0.2) is 0 Å². The Balaban J connectivity index is 1.22. The molecule has 1 unspecified atom stereocenters. The molecule has 4 heterocycles. The van der Waals surface area contributed by atoms with Crippen molar-refractivity contribution >= 4 is 5.52 Å². The van der Waals surface area contributed by atoms with E-state index in [2.05, 4.69) is 34.0 Å². The largest absolute Gasteiger partial charge is 0.333 e. The summed E-state index contributed by atoms with van der Waals surface area (Å²) < 4.78 is 3.23. The monoisotopic (exact) mass is 449 g/mol. The molecule has 1 aliphatic carbocycles. The van der Waals surface area contributed by atoms with Crippen LogP contribution >= 0.6 is 0 Å². The van der Waals surface area contributed by atoms with Gasteiger partial charge in [-0.05, 0) is 67.8 Å². The highest BCUT2D eigenvalue weighted by molar-refractivity contribution is 5.64. The maximum absolute atomic E-state index is 12.3. The van der Waals surface area contributed by atoms with Gasteiger partial charge in [0.2, 0.25) is 0 Å². The molecule has 2 fully saturated rings. The van der Waals surface area contributed by atoms with Crippen molar-refractivity contribution in [3.63, 3.8) is 0 Å². The molecule has 0 amide bonds. The molecule has 1 N–H and O–H groups in total. The summed E-state index contributed by atoms with van der Waals surface area (Å²) in [6.45, 7) is 6.13. The highest BCUT2D eigenvalue weighted by Gasteiger charge is 2.25. The third-order valence-corrected chi connectivity index (χ3v) is 7.88. The molecule has 0 bridgehead atoms. The van der Waals surface area contributed by atoms with E-state index >= 15 is 0 Å². The molecule has 1 aliphatic heterocycles. The number of likely N-dealkylation sites (tertiary alicyclic amines) is 1. The Morgan fingerprint density at radius 3 is 2.61 bits per heavy atom. The van der Waals surface area contributed by atoms with E-state index in [-0.39, 0.29) is 0 Å². The molecule has 5 rings (SSSR count). The van der Waals surface area contributed by atoms with Gasteiger partial charge in [0.05, 0.1) is 17.4 Å². The summed E-state index contributed by atoms with van der Waals surface area (Å²) in [5, 5.41) is 4.38. The van der Waals surface area contributed by atoms with E-state index in [4.69, 9.17) is 0 Å². The molecule has 7 nitrogen and oxygen atoms in total. The smallest absolute Gasteiger partial charge is 0.303 e. The molecule has 3 aromatic heterocycles.